The lowest BCUT2D eigenvalue weighted by Crippen LogP contribution is -2.03. The summed E-state index contributed by atoms with van der Waals surface area (Å²) in [5.74, 6) is 0.314. The Morgan fingerprint density at radius 2 is 2.21 bits per heavy atom. The second-order valence-corrected chi connectivity index (χ2v) is 4.97. The van der Waals surface area contributed by atoms with E-state index >= 15 is 0 Å². The first kappa shape index (κ1) is 12.0. The zero-order chi connectivity index (χ0) is 13.4. The van der Waals surface area contributed by atoms with Gasteiger partial charge in [-0.05, 0) is 37.5 Å². The number of nitrogens with zero attached hydrogens (tertiary/aromatic N) is 2. The van der Waals surface area contributed by atoms with Gasteiger partial charge < -0.3 is 9.30 Å². The van der Waals surface area contributed by atoms with Gasteiger partial charge in [-0.2, -0.15) is 0 Å². The normalized spacial score (nSPS) is 14.4. The molecule has 1 aliphatic carbocycles. The molecule has 19 heavy (non-hydrogen) atoms. The number of hydrogen-bond donors (Lipinski definition) is 0. The van der Waals surface area contributed by atoms with Gasteiger partial charge in [0.2, 0.25) is 0 Å². The Balaban J connectivity index is 1.99. The summed E-state index contributed by atoms with van der Waals surface area (Å²) in [5.41, 5.74) is 3.78. The molecule has 98 valence electrons. The van der Waals surface area contributed by atoms with Gasteiger partial charge in [0.15, 0.2) is 0 Å². The Morgan fingerprint density at radius 1 is 1.42 bits per heavy atom. The van der Waals surface area contributed by atoms with Crippen LogP contribution < -0.4 is 0 Å². The van der Waals surface area contributed by atoms with Gasteiger partial charge in [0, 0.05) is 12.1 Å². The quantitative estimate of drug-likeness (QED) is 0.793. The second-order valence-electron chi connectivity index (χ2n) is 4.97. The van der Waals surface area contributed by atoms with Gasteiger partial charge in [0.25, 0.3) is 0 Å². The maximum atomic E-state index is 11.6. The molecular weight excluding hydrogens is 240 g/mol. The smallest absolute Gasteiger partial charge is 0.337 e. The average Bonchev–Trinajstić information content (AvgIpc) is 3.17. The number of rotatable bonds is 3. The van der Waals surface area contributed by atoms with E-state index in [0.29, 0.717) is 11.5 Å². The number of carbonyl (C=O) groups excluding carboxylic acids is 1. The van der Waals surface area contributed by atoms with E-state index in [2.05, 4.69) is 11.2 Å². The van der Waals surface area contributed by atoms with Gasteiger partial charge in [0.1, 0.15) is 0 Å². The van der Waals surface area contributed by atoms with Crippen molar-refractivity contribution in [1.29, 1.82) is 0 Å². The summed E-state index contributed by atoms with van der Waals surface area (Å²) >= 11 is 0. The molecular formula is C15H16N2O2. The van der Waals surface area contributed by atoms with Crippen LogP contribution in [0.5, 0.6) is 0 Å². The first-order valence-corrected chi connectivity index (χ1v) is 6.42. The van der Waals surface area contributed by atoms with E-state index in [1.54, 1.807) is 6.07 Å². The molecule has 0 bridgehead atoms. The minimum absolute atomic E-state index is 0.316. The Morgan fingerprint density at radius 3 is 2.89 bits per heavy atom. The Kier molecular flexibility index (Phi) is 2.85. The first-order chi connectivity index (χ1) is 9.19. The third-order valence-corrected chi connectivity index (χ3v) is 3.51. The molecule has 0 amide bonds. The van der Waals surface area contributed by atoms with E-state index in [0.717, 1.165) is 16.9 Å². The van der Waals surface area contributed by atoms with Gasteiger partial charge >= 0.3 is 5.97 Å². The van der Waals surface area contributed by atoms with Crippen LogP contribution in [0.25, 0.3) is 5.69 Å². The molecule has 0 N–H and O–H groups in total. The SMILES string of the molecule is COC(=O)c1ccc(C)c(-n2cnc(C3CC3)c2)c1. The van der Waals surface area contributed by atoms with Crippen LogP contribution in [-0.2, 0) is 4.74 Å². The van der Waals surface area contributed by atoms with Crippen molar-refractivity contribution in [1.82, 2.24) is 9.55 Å². The van der Waals surface area contributed by atoms with Crippen molar-refractivity contribution in [3.8, 4) is 5.69 Å². The number of benzene rings is 1. The molecule has 0 saturated heterocycles. The fraction of sp³-hybridized carbons (Fsp3) is 0.333. The average molecular weight is 256 g/mol. The summed E-state index contributed by atoms with van der Waals surface area (Å²) in [6.45, 7) is 2.02. The number of aryl methyl sites for hydroxylation is 1. The van der Waals surface area contributed by atoms with E-state index in [1.807, 2.05) is 30.0 Å². The molecule has 4 nitrogen and oxygen atoms in total. The van der Waals surface area contributed by atoms with Crippen LogP contribution in [0.2, 0.25) is 0 Å². The summed E-state index contributed by atoms with van der Waals surface area (Å²) in [5, 5.41) is 0. The van der Waals surface area contributed by atoms with Crippen LogP contribution in [0.1, 0.15) is 40.4 Å². The molecule has 0 unspecified atom stereocenters. The lowest BCUT2D eigenvalue weighted by Gasteiger charge is -2.08. The number of methoxy groups -OCH3 is 1. The third-order valence-electron chi connectivity index (χ3n) is 3.51. The van der Waals surface area contributed by atoms with E-state index in [9.17, 15) is 4.79 Å². The lowest BCUT2D eigenvalue weighted by atomic mass is 10.1. The molecule has 0 spiro atoms. The van der Waals surface area contributed by atoms with E-state index in [-0.39, 0.29) is 5.97 Å². The molecule has 0 radical (unpaired) electrons. The van der Waals surface area contributed by atoms with Crippen LogP contribution in [0.3, 0.4) is 0 Å². The topological polar surface area (TPSA) is 44.1 Å². The standard InChI is InChI=1S/C15H16N2O2/c1-10-3-4-12(15(18)19-2)7-14(10)17-8-13(16-9-17)11-5-6-11/h3-4,7-9,11H,5-6H2,1-2H3. The zero-order valence-electron chi connectivity index (χ0n) is 11.1. The largest absolute Gasteiger partial charge is 0.465 e. The van der Waals surface area contributed by atoms with Crippen LogP contribution in [0.15, 0.2) is 30.7 Å². The molecule has 1 saturated carbocycles. The van der Waals surface area contributed by atoms with Crippen molar-refractivity contribution in [2.24, 2.45) is 0 Å². The maximum Gasteiger partial charge on any atom is 0.337 e. The number of carbonyl (C=O) groups is 1. The molecule has 4 heteroatoms. The van der Waals surface area contributed by atoms with Crippen molar-refractivity contribution >= 4 is 5.97 Å². The van der Waals surface area contributed by atoms with Gasteiger partial charge in [-0.15, -0.1) is 0 Å². The Hall–Kier alpha value is -2.10. The van der Waals surface area contributed by atoms with E-state index < -0.39 is 0 Å². The zero-order valence-corrected chi connectivity index (χ0v) is 11.1. The van der Waals surface area contributed by atoms with Crippen LogP contribution in [-0.4, -0.2) is 22.6 Å². The molecule has 1 fully saturated rings. The molecule has 2 aromatic rings. The van der Waals surface area contributed by atoms with E-state index in [1.165, 1.54) is 20.0 Å². The van der Waals surface area contributed by atoms with Gasteiger partial charge in [-0.25, -0.2) is 9.78 Å². The minimum Gasteiger partial charge on any atom is -0.465 e. The highest BCUT2D eigenvalue weighted by atomic mass is 16.5. The summed E-state index contributed by atoms with van der Waals surface area (Å²) in [4.78, 5) is 16.0. The molecule has 1 aromatic heterocycles. The minimum atomic E-state index is -0.316. The fourth-order valence-corrected chi connectivity index (χ4v) is 2.19. The predicted molar refractivity (Wildman–Crippen MR) is 71.6 cm³/mol. The number of hydrogen-bond acceptors (Lipinski definition) is 3. The van der Waals surface area contributed by atoms with Crippen molar-refractivity contribution in [2.45, 2.75) is 25.7 Å². The number of imidazole rings is 1. The van der Waals surface area contributed by atoms with Crippen molar-refractivity contribution in [2.75, 3.05) is 7.11 Å². The molecule has 1 aromatic carbocycles. The van der Waals surface area contributed by atoms with Crippen molar-refractivity contribution < 1.29 is 9.53 Å². The maximum absolute atomic E-state index is 11.6. The summed E-state index contributed by atoms with van der Waals surface area (Å²) in [7, 11) is 1.39. The fourth-order valence-electron chi connectivity index (χ4n) is 2.19. The van der Waals surface area contributed by atoms with Gasteiger partial charge in [0.05, 0.1) is 30.4 Å². The second kappa shape index (κ2) is 4.53. The third kappa shape index (κ3) is 2.26. The Bertz CT molecular complexity index is 627. The molecule has 3 rings (SSSR count). The monoisotopic (exact) mass is 256 g/mol. The molecule has 0 aliphatic heterocycles. The van der Waals surface area contributed by atoms with Gasteiger partial charge in [-0.1, -0.05) is 6.07 Å². The van der Waals surface area contributed by atoms with Crippen LogP contribution in [0.4, 0.5) is 0 Å². The van der Waals surface area contributed by atoms with Crippen molar-refractivity contribution in [3.63, 3.8) is 0 Å². The van der Waals surface area contributed by atoms with Crippen molar-refractivity contribution in [3.05, 3.63) is 47.5 Å². The van der Waals surface area contributed by atoms with Crippen LogP contribution in [0, 0.1) is 6.92 Å². The highest BCUT2D eigenvalue weighted by molar-refractivity contribution is 5.90. The summed E-state index contributed by atoms with van der Waals surface area (Å²) in [6.07, 6.45) is 6.34. The highest BCUT2D eigenvalue weighted by Crippen LogP contribution is 2.39. The number of esters is 1. The van der Waals surface area contributed by atoms with Gasteiger partial charge in [-0.3, -0.25) is 0 Å². The highest BCUT2D eigenvalue weighted by Gasteiger charge is 2.26. The number of aromatic nitrogens is 2. The number of ether oxygens (including phenoxy) is 1. The first-order valence-electron chi connectivity index (χ1n) is 6.42. The lowest BCUT2D eigenvalue weighted by molar-refractivity contribution is 0.0600. The molecule has 0 atom stereocenters. The molecule has 1 heterocycles. The predicted octanol–water partition coefficient (Wildman–Crippen LogP) is 2.84. The van der Waals surface area contributed by atoms with Crippen LogP contribution >= 0.6 is 0 Å². The molecule has 1 aliphatic rings. The summed E-state index contributed by atoms with van der Waals surface area (Å²) < 4.78 is 6.74. The Labute approximate surface area is 112 Å². The summed E-state index contributed by atoms with van der Waals surface area (Å²) in [6, 6.07) is 5.56. The van der Waals surface area contributed by atoms with E-state index in [4.69, 9.17) is 4.74 Å².